The number of nitrogens with one attached hydrogen (secondary N) is 1. The summed E-state index contributed by atoms with van der Waals surface area (Å²) in [5.74, 6) is 4.58. The predicted octanol–water partition coefficient (Wildman–Crippen LogP) is 5.29. The molecule has 4 aliphatic carbocycles. The number of piperidine rings is 1. The zero-order valence-electron chi connectivity index (χ0n) is 19.6. The molecule has 0 aromatic carbocycles. The van der Waals surface area contributed by atoms with Crippen LogP contribution in [0.5, 0.6) is 0 Å². The Labute approximate surface area is 183 Å². The number of rotatable bonds is 0. The quantitative estimate of drug-likeness (QED) is 0.530. The monoisotopic (exact) mass is 413 g/mol. The summed E-state index contributed by atoms with van der Waals surface area (Å²) in [6.07, 6.45) is 13.8. The average molecular weight is 414 g/mol. The fraction of sp³-hybridized carbons (Fsp3) is 0.926. The van der Waals surface area contributed by atoms with Crippen LogP contribution in [0.3, 0.4) is 0 Å². The van der Waals surface area contributed by atoms with Crippen LogP contribution in [0.25, 0.3) is 0 Å². The second-order valence-corrected chi connectivity index (χ2v) is 12.8. The van der Waals surface area contributed by atoms with Crippen molar-refractivity contribution in [1.82, 2.24) is 5.32 Å². The van der Waals surface area contributed by atoms with E-state index >= 15 is 0 Å². The van der Waals surface area contributed by atoms with E-state index in [4.69, 9.17) is 4.74 Å². The molecular formula is C27H43NO2. The molecule has 0 aromatic rings. The number of fused-ring (bicyclic) bond motifs is 7. The van der Waals surface area contributed by atoms with Crippen LogP contribution in [-0.4, -0.2) is 29.6 Å². The fourth-order valence-corrected chi connectivity index (χ4v) is 9.84. The molecule has 0 unspecified atom stereocenters. The molecule has 0 amide bonds. The van der Waals surface area contributed by atoms with E-state index in [1.807, 2.05) is 0 Å². The topological polar surface area (TPSA) is 41.5 Å². The third kappa shape index (κ3) is 2.55. The molecule has 168 valence electrons. The van der Waals surface area contributed by atoms with Gasteiger partial charge in [-0.15, -0.1) is 0 Å². The largest absolute Gasteiger partial charge is 0.393 e. The fourth-order valence-electron chi connectivity index (χ4n) is 9.84. The third-order valence-corrected chi connectivity index (χ3v) is 11.6. The van der Waals surface area contributed by atoms with Crippen molar-refractivity contribution in [3.05, 3.63) is 11.6 Å². The van der Waals surface area contributed by atoms with Gasteiger partial charge in [0, 0.05) is 12.5 Å². The minimum Gasteiger partial charge on any atom is -0.393 e. The predicted molar refractivity (Wildman–Crippen MR) is 120 cm³/mol. The maximum absolute atomic E-state index is 10.3. The Kier molecular flexibility index (Phi) is 4.44. The normalized spacial score (nSPS) is 59.8. The minimum atomic E-state index is -0.100. The summed E-state index contributed by atoms with van der Waals surface area (Å²) in [6, 6.07) is 0. The summed E-state index contributed by atoms with van der Waals surface area (Å²) in [5.41, 5.74) is 2.33. The second kappa shape index (κ2) is 6.58. The molecule has 2 heterocycles. The molecular weight excluding hydrogens is 370 g/mol. The first-order valence-electron chi connectivity index (χ1n) is 13.1. The number of hydrogen-bond acceptors (Lipinski definition) is 3. The highest BCUT2D eigenvalue weighted by atomic mass is 16.5. The van der Waals surface area contributed by atoms with Crippen molar-refractivity contribution >= 4 is 0 Å². The van der Waals surface area contributed by atoms with Crippen molar-refractivity contribution in [2.24, 2.45) is 46.3 Å². The molecule has 2 N–H and O–H groups in total. The molecule has 6 aliphatic rings. The number of aliphatic hydroxyl groups excluding tert-OH is 1. The van der Waals surface area contributed by atoms with Crippen LogP contribution in [0.4, 0.5) is 0 Å². The number of aliphatic hydroxyl groups is 1. The Bertz CT molecular complexity index is 739. The SMILES string of the molecule is C[C@@H]1CC[C@]2(NC1)O[C@@H]1C[C@@H]3[C@H]4CC=C5C[C@@H](O)CC[C@]5(C)[C@@H]4CC[C@]3(C)[C@@H]1[C@@H]2C. The van der Waals surface area contributed by atoms with Crippen LogP contribution in [0.1, 0.15) is 85.5 Å². The highest BCUT2D eigenvalue weighted by Crippen LogP contribution is 2.70. The summed E-state index contributed by atoms with van der Waals surface area (Å²) >= 11 is 0. The van der Waals surface area contributed by atoms with E-state index in [0.717, 1.165) is 49.0 Å². The molecule has 3 heteroatoms. The van der Waals surface area contributed by atoms with E-state index in [2.05, 4.69) is 39.1 Å². The molecule has 30 heavy (non-hydrogen) atoms. The van der Waals surface area contributed by atoms with E-state index in [1.54, 1.807) is 5.57 Å². The molecule has 2 saturated heterocycles. The highest BCUT2D eigenvalue weighted by molar-refractivity contribution is 5.26. The first-order valence-corrected chi connectivity index (χ1v) is 13.1. The van der Waals surface area contributed by atoms with Gasteiger partial charge in [-0.05, 0) is 98.2 Å². The second-order valence-electron chi connectivity index (χ2n) is 12.8. The van der Waals surface area contributed by atoms with Crippen LogP contribution >= 0.6 is 0 Å². The van der Waals surface area contributed by atoms with Crippen LogP contribution in [-0.2, 0) is 4.74 Å². The van der Waals surface area contributed by atoms with Gasteiger partial charge in [-0.2, -0.15) is 0 Å². The average Bonchev–Trinajstić information content (AvgIpc) is 3.16. The molecule has 11 atom stereocenters. The van der Waals surface area contributed by atoms with E-state index in [0.29, 0.717) is 22.9 Å². The summed E-state index contributed by atoms with van der Waals surface area (Å²) in [5, 5.41) is 14.1. The molecule has 3 nitrogen and oxygen atoms in total. The number of hydrogen-bond donors (Lipinski definition) is 2. The van der Waals surface area contributed by atoms with Gasteiger partial charge in [-0.3, -0.25) is 5.32 Å². The Morgan fingerprint density at radius 2 is 1.90 bits per heavy atom. The number of ether oxygens (including phenoxy) is 1. The lowest BCUT2D eigenvalue weighted by Gasteiger charge is -2.58. The van der Waals surface area contributed by atoms with Gasteiger partial charge in [0.15, 0.2) is 0 Å². The van der Waals surface area contributed by atoms with E-state index in [-0.39, 0.29) is 11.8 Å². The molecule has 1 spiro atoms. The van der Waals surface area contributed by atoms with Gasteiger partial charge in [-0.1, -0.05) is 39.3 Å². The minimum absolute atomic E-state index is 0.0439. The Morgan fingerprint density at radius 1 is 1.07 bits per heavy atom. The van der Waals surface area contributed by atoms with Crippen molar-refractivity contribution in [1.29, 1.82) is 0 Å². The number of allylic oxidation sites excluding steroid dienone is 1. The maximum atomic E-state index is 10.3. The van der Waals surface area contributed by atoms with Crippen LogP contribution in [0.15, 0.2) is 11.6 Å². The van der Waals surface area contributed by atoms with Gasteiger partial charge in [0.25, 0.3) is 0 Å². The lowest BCUT2D eigenvalue weighted by Crippen LogP contribution is -2.57. The van der Waals surface area contributed by atoms with Crippen LogP contribution < -0.4 is 5.32 Å². The van der Waals surface area contributed by atoms with Crippen molar-refractivity contribution < 1.29 is 9.84 Å². The third-order valence-electron chi connectivity index (χ3n) is 11.6. The lowest BCUT2D eigenvalue weighted by atomic mass is 9.47. The zero-order valence-corrected chi connectivity index (χ0v) is 19.6. The molecule has 2 aliphatic heterocycles. The van der Waals surface area contributed by atoms with Gasteiger partial charge in [0.2, 0.25) is 0 Å². The summed E-state index contributed by atoms with van der Waals surface area (Å²) in [6.45, 7) is 11.2. The molecule has 5 fully saturated rings. The van der Waals surface area contributed by atoms with E-state index in [9.17, 15) is 5.11 Å². The maximum Gasteiger partial charge on any atom is 0.122 e. The van der Waals surface area contributed by atoms with E-state index in [1.165, 1.54) is 44.9 Å². The van der Waals surface area contributed by atoms with E-state index < -0.39 is 0 Å². The lowest BCUT2D eigenvalue weighted by molar-refractivity contribution is -0.115. The summed E-state index contributed by atoms with van der Waals surface area (Å²) < 4.78 is 7.00. The summed E-state index contributed by atoms with van der Waals surface area (Å²) in [4.78, 5) is 0. The molecule has 0 bridgehead atoms. The van der Waals surface area contributed by atoms with Crippen LogP contribution in [0.2, 0.25) is 0 Å². The molecule has 0 aromatic heterocycles. The van der Waals surface area contributed by atoms with Crippen molar-refractivity contribution in [3.63, 3.8) is 0 Å². The zero-order chi connectivity index (χ0) is 20.9. The molecule has 0 radical (unpaired) electrons. The Morgan fingerprint density at radius 3 is 2.67 bits per heavy atom. The first kappa shape index (κ1) is 20.2. The van der Waals surface area contributed by atoms with Gasteiger partial charge in [0.05, 0.1) is 12.2 Å². The highest BCUT2D eigenvalue weighted by Gasteiger charge is 2.68. The van der Waals surface area contributed by atoms with Gasteiger partial charge in [0.1, 0.15) is 5.72 Å². The smallest absolute Gasteiger partial charge is 0.122 e. The first-order chi connectivity index (χ1) is 14.3. The molecule has 6 rings (SSSR count). The Balaban J connectivity index is 1.28. The Hall–Kier alpha value is -0.380. The molecule has 3 saturated carbocycles. The van der Waals surface area contributed by atoms with Crippen molar-refractivity contribution in [2.45, 2.75) is 103 Å². The van der Waals surface area contributed by atoms with Gasteiger partial charge >= 0.3 is 0 Å². The van der Waals surface area contributed by atoms with Crippen LogP contribution in [0, 0.1) is 46.3 Å². The van der Waals surface area contributed by atoms with Crippen molar-refractivity contribution in [3.8, 4) is 0 Å². The van der Waals surface area contributed by atoms with Gasteiger partial charge in [-0.25, -0.2) is 0 Å². The standard InChI is InChI=1S/C27H43NO2/c1-16-7-12-27(28-15-16)17(2)24-23(30-27)14-22-20-6-5-18-13-19(29)8-10-25(18,3)21(20)9-11-26(22,24)4/h5,16-17,19-24,28-29H,6-15H2,1-4H3/t16-,17+,19+,20+,21-,22-,23-,24-,25+,26+,27+/m1/s1. The summed E-state index contributed by atoms with van der Waals surface area (Å²) in [7, 11) is 0. The van der Waals surface area contributed by atoms with Gasteiger partial charge < -0.3 is 9.84 Å². The van der Waals surface area contributed by atoms with Crippen molar-refractivity contribution in [2.75, 3.05) is 6.54 Å².